The summed E-state index contributed by atoms with van der Waals surface area (Å²) in [6, 6.07) is 0. The molecule has 0 amide bonds. The SMILES string of the molecule is CC(C)(C)[Si](C)(C)OCCC[C@H]1O[C@@H]1[Si](C)(C)C. The molecule has 1 fully saturated rings. The topological polar surface area (TPSA) is 21.8 Å². The van der Waals surface area contributed by atoms with Crippen LogP contribution >= 0.6 is 0 Å². The lowest BCUT2D eigenvalue weighted by molar-refractivity contribution is 0.270. The molecule has 0 unspecified atom stereocenters. The van der Waals surface area contributed by atoms with Crippen molar-refractivity contribution < 1.29 is 9.16 Å². The van der Waals surface area contributed by atoms with Crippen molar-refractivity contribution in [2.75, 3.05) is 6.61 Å². The molecule has 2 atom stereocenters. The molecule has 0 bridgehead atoms. The van der Waals surface area contributed by atoms with Gasteiger partial charge in [-0.2, -0.15) is 0 Å². The van der Waals surface area contributed by atoms with Gasteiger partial charge in [-0.05, 0) is 31.0 Å². The molecule has 1 heterocycles. The molecule has 4 heteroatoms. The second-order valence-electron chi connectivity index (χ2n) is 8.21. The van der Waals surface area contributed by atoms with Crippen LogP contribution < -0.4 is 0 Å². The number of hydrogen-bond acceptors (Lipinski definition) is 2. The van der Waals surface area contributed by atoms with E-state index >= 15 is 0 Å². The molecule has 108 valence electrons. The monoisotopic (exact) mass is 288 g/mol. The lowest BCUT2D eigenvalue weighted by Crippen LogP contribution is -2.41. The van der Waals surface area contributed by atoms with E-state index in [2.05, 4.69) is 53.5 Å². The van der Waals surface area contributed by atoms with Crippen LogP contribution in [-0.4, -0.2) is 34.8 Å². The lowest BCUT2D eigenvalue weighted by atomic mass is 10.2. The van der Waals surface area contributed by atoms with Crippen molar-refractivity contribution in [3.63, 3.8) is 0 Å². The van der Waals surface area contributed by atoms with Gasteiger partial charge in [0.1, 0.15) is 0 Å². The summed E-state index contributed by atoms with van der Waals surface area (Å²) in [5.74, 6) is 0. The fourth-order valence-corrected chi connectivity index (χ4v) is 4.91. The summed E-state index contributed by atoms with van der Waals surface area (Å²) in [7, 11) is -2.61. The number of epoxide rings is 1. The Morgan fingerprint density at radius 3 is 2.00 bits per heavy atom. The molecule has 0 aromatic carbocycles. The fourth-order valence-electron chi connectivity index (χ4n) is 1.95. The second kappa shape index (κ2) is 5.39. The summed E-state index contributed by atoms with van der Waals surface area (Å²) in [4.78, 5) is 0. The van der Waals surface area contributed by atoms with Gasteiger partial charge in [0.15, 0.2) is 8.32 Å². The Morgan fingerprint density at radius 2 is 1.61 bits per heavy atom. The van der Waals surface area contributed by atoms with Crippen molar-refractivity contribution in [2.24, 2.45) is 0 Å². The normalized spacial score (nSPS) is 25.3. The largest absolute Gasteiger partial charge is 0.417 e. The maximum atomic E-state index is 6.19. The van der Waals surface area contributed by atoms with Gasteiger partial charge >= 0.3 is 0 Å². The van der Waals surface area contributed by atoms with E-state index in [1.807, 2.05) is 0 Å². The van der Waals surface area contributed by atoms with Gasteiger partial charge in [0.05, 0.1) is 19.9 Å². The molecule has 0 N–H and O–H groups in total. The molecule has 0 saturated carbocycles. The summed E-state index contributed by atoms with van der Waals surface area (Å²) in [5.41, 5.74) is 0.602. The van der Waals surface area contributed by atoms with Gasteiger partial charge < -0.3 is 9.16 Å². The zero-order chi connectivity index (χ0) is 14.2. The molecule has 0 aliphatic carbocycles. The van der Waals surface area contributed by atoms with Gasteiger partial charge in [0.25, 0.3) is 0 Å². The Morgan fingerprint density at radius 1 is 1.06 bits per heavy atom. The van der Waals surface area contributed by atoms with Crippen molar-refractivity contribution in [3.8, 4) is 0 Å². The molecule has 1 saturated heterocycles. The Kier molecular flexibility index (Phi) is 4.91. The third-order valence-electron chi connectivity index (χ3n) is 4.34. The van der Waals surface area contributed by atoms with Crippen molar-refractivity contribution in [1.82, 2.24) is 0 Å². The summed E-state index contributed by atoms with van der Waals surface area (Å²) >= 11 is 0. The molecule has 1 aliphatic heterocycles. The van der Waals surface area contributed by atoms with E-state index in [4.69, 9.17) is 9.16 Å². The summed E-state index contributed by atoms with van der Waals surface area (Å²) in [6.07, 6.45) is 2.88. The van der Waals surface area contributed by atoms with E-state index in [1.165, 1.54) is 6.42 Å². The summed E-state index contributed by atoms with van der Waals surface area (Å²) in [6.45, 7) is 19.6. The van der Waals surface area contributed by atoms with E-state index in [9.17, 15) is 0 Å². The zero-order valence-corrected chi connectivity index (χ0v) is 15.6. The minimum absolute atomic E-state index is 0.323. The molecule has 2 nitrogen and oxygen atoms in total. The maximum absolute atomic E-state index is 6.19. The molecular weight excluding hydrogens is 256 g/mol. The predicted octanol–water partition coefficient (Wildman–Crippen LogP) is 4.43. The lowest BCUT2D eigenvalue weighted by Gasteiger charge is -2.36. The zero-order valence-electron chi connectivity index (χ0n) is 13.6. The van der Waals surface area contributed by atoms with E-state index in [0.717, 1.165) is 13.0 Å². The first-order valence-electron chi connectivity index (χ1n) is 7.24. The Bertz CT molecular complexity index is 276. The van der Waals surface area contributed by atoms with Gasteiger partial charge in [-0.25, -0.2) is 0 Å². The van der Waals surface area contributed by atoms with Crippen LogP contribution in [0.4, 0.5) is 0 Å². The van der Waals surface area contributed by atoms with Crippen LogP contribution in [0.1, 0.15) is 33.6 Å². The Labute approximate surface area is 116 Å². The molecule has 0 aromatic heterocycles. The highest BCUT2D eigenvalue weighted by Crippen LogP contribution is 2.37. The highest BCUT2D eigenvalue weighted by atomic mass is 28.4. The second-order valence-corrected chi connectivity index (χ2v) is 18.3. The number of rotatable bonds is 6. The van der Waals surface area contributed by atoms with Gasteiger partial charge in [0, 0.05) is 6.61 Å². The number of hydrogen-bond donors (Lipinski definition) is 0. The molecule has 1 aliphatic rings. The first-order chi connectivity index (χ1) is 7.95. The van der Waals surface area contributed by atoms with Crippen LogP contribution in [0.3, 0.4) is 0 Å². The Hall–Kier alpha value is 0.354. The van der Waals surface area contributed by atoms with Crippen molar-refractivity contribution in [3.05, 3.63) is 0 Å². The molecule has 0 spiro atoms. The molecule has 0 aromatic rings. The minimum atomic E-state index is -1.54. The fraction of sp³-hybridized carbons (Fsp3) is 1.00. The Balaban J connectivity index is 2.18. The van der Waals surface area contributed by atoms with Crippen molar-refractivity contribution in [1.29, 1.82) is 0 Å². The predicted molar refractivity (Wildman–Crippen MR) is 84.4 cm³/mol. The molecular formula is C14H32O2Si2. The van der Waals surface area contributed by atoms with Gasteiger partial charge in [-0.15, -0.1) is 0 Å². The van der Waals surface area contributed by atoms with Crippen LogP contribution in [0, 0.1) is 0 Å². The van der Waals surface area contributed by atoms with Gasteiger partial charge in [0.2, 0.25) is 0 Å². The quantitative estimate of drug-likeness (QED) is 0.409. The van der Waals surface area contributed by atoms with Crippen LogP contribution in [0.25, 0.3) is 0 Å². The van der Waals surface area contributed by atoms with Crippen LogP contribution in [0.2, 0.25) is 37.8 Å². The van der Waals surface area contributed by atoms with Crippen LogP contribution in [0.15, 0.2) is 0 Å². The minimum Gasteiger partial charge on any atom is -0.417 e. The number of ether oxygens (including phenoxy) is 1. The van der Waals surface area contributed by atoms with E-state index in [0.29, 0.717) is 16.9 Å². The summed E-state index contributed by atoms with van der Waals surface area (Å²) < 4.78 is 12.0. The molecule has 0 radical (unpaired) electrons. The van der Waals surface area contributed by atoms with Gasteiger partial charge in [-0.3, -0.25) is 0 Å². The highest BCUT2D eigenvalue weighted by molar-refractivity contribution is 6.78. The first-order valence-corrected chi connectivity index (χ1v) is 13.7. The highest BCUT2D eigenvalue weighted by Gasteiger charge is 2.47. The smallest absolute Gasteiger partial charge is 0.191 e. The standard InChI is InChI=1S/C14H32O2Si2/c1-14(2,3)18(7,8)15-11-9-10-12-13(16-12)17(4,5)6/h12-13H,9-11H2,1-8H3/t12-,13-/m1/s1. The average molecular weight is 289 g/mol. The van der Waals surface area contributed by atoms with E-state index in [-0.39, 0.29) is 0 Å². The van der Waals surface area contributed by atoms with Crippen LogP contribution in [-0.2, 0) is 9.16 Å². The summed E-state index contributed by atoms with van der Waals surface area (Å²) in [5, 5.41) is 0.323. The average Bonchev–Trinajstić information content (AvgIpc) is 2.89. The molecule has 1 rings (SSSR count). The van der Waals surface area contributed by atoms with Crippen molar-refractivity contribution >= 4 is 16.4 Å². The third-order valence-corrected chi connectivity index (χ3v) is 11.1. The molecule has 18 heavy (non-hydrogen) atoms. The van der Waals surface area contributed by atoms with Gasteiger partial charge in [-0.1, -0.05) is 40.4 Å². The van der Waals surface area contributed by atoms with Crippen molar-refractivity contribution in [2.45, 2.75) is 83.2 Å². The first kappa shape index (κ1) is 16.4. The van der Waals surface area contributed by atoms with E-state index < -0.39 is 16.4 Å². The third kappa shape index (κ3) is 4.47. The van der Waals surface area contributed by atoms with Crippen LogP contribution in [0.5, 0.6) is 0 Å². The maximum Gasteiger partial charge on any atom is 0.191 e. The van der Waals surface area contributed by atoms with E-state index in [1.54, 1.807) is 0 Å².